The maximum Gasteiger partial charge on any atom is 0.300 e. The van der Waals surface area contributed by atoms with Crippen LogP contribution in [0, 0.1) is 20.2 Å². The van der Waals surface area contributed by atoms with Crippen LogP contribution < -0.4 is 15.6 Å². The Hall–Kier alpha value is -4.04. The van der Waals surface area contributed by atoms with E-state index >= 15 is 0 Å². The molecule has 2 N–H and O–H groups in total. The highest BCUT2D eigenvalue weighted by atomic mass is 32.2. The monoisotopic (exact) mass is 517 g/mol. The number of nitrogens with one attached hydrogen (secondary N) is 2. The molecule has 0 aromatic heterocycles. The highest BCUT2D eigenvalue weighted by Gasteiger charge is 2.31. The summed E-state index contributed by atoms with van der Waals surface area (Å²) >= 11 is 6.47. The number of hydrogen-bond donors (Lipinski definition) is 2. The number of hydrogen-bond acceptors (Lipinski definition) is 10. The number of ether oxygens (including phenoxy) is 1. The zero-order valence-corrected chi connectivity index (χ0v) is 19.9. The summed E-state index contributed by atoms with van der Waals surface area (Å²) in [4.78, 5) is 47.2. The van der Waals surface area contributed by atoms with E-state index in [9.17, 15) is 29.8 Å². The van der Waals surface area contributed by atoms with Crippen LogP contribution in [-0.2, 0) is 9.59 Å². The minimum absolute atomic E-state index is 0.000227. The minimum Gasteiger partial charge on any atom is -0.497 e. The molecule has 0 atom stereocenters. The van der Waals surface area contributed by atoms with Gasteiger partial charge in [-0.25, -0.2) is 0 Å². The molecule has 1 aliphatic heterocycles. The molecule has 182 valence electrons. The normalized spacial score (nSPS) is 14.2. The Morgan fingerprint density at radius 1 is 1.20 bits per heavy atom. The molecule has 0 aliphatic carbocycles. The SMILES string of the molecule is COc1cccc(/C=C2\SC(=S)N(CCCC(=O)NNc3ccc([N+](=O)[O-])cc3[N+](=O)[O-])C2=O)c1. The average molecular weight is 518 g/mol. The molecule has 0 spiro atoms. The summed E-state index contributed by atoms with van der Waals surface area (Å²) in [6.45, 7) is 0.214. The molecular weight excluding hydrogens is 498 g/mol. The summed E-state index contributed by atoms with van der Waals surface area (Å²) < 4.78 is 5.56. The molecule has 35 heavy (non-hydrogen) atoms. The van der Waals surface area contributed by atoms with Crippen LogP contribution >= 0.6 is 24.0 Å². The lowest BCUT2D eigenvalue weighted by molar-refractivity contribution is -0.393. The Labute approximate surface area is 208 Å². The Morgan fingerprint density at radius 2 is 1.97 bits per heavy atom. The molecule has 1 saturated heterocycles. The van der Waals surface area contributed by atoms with Crippen LogP contribution in [0.2, 0.25) is 0 Å². The van der Waals surface area contributed by atoms with Crippen molar-refractivity contribution in [1.82, 2.24) is 10.3 Å². The van der Waals surface area contributed by atoms with Crippen molar-refractivity contribution < 1.29 is 24.2 Å². The van der Waals surface area contributed by atoms with Gasteiger partial charge in [-0.15, -0.1) is 0 Å². The second-order valence-electron chi connectivity index (χ2n) is 7.10. The Kier molecular flexibility index (Phi) is 8.33. The number of amides is 2. The predicted octanol–water partition coefficient (Wildman–Crippen LogP) is 3.64. The standard InChI is InChI=1S/C21H19N5O7S2/c1-33-15-5-2-4-13(10-15)11-18-20(28)24(21(34)35-18)9-3-6-19(27)23-22-16-8-7-14(25(29)30)12-17(16)26(31)32/h2,4-5,7-8,10-12,22H,3,6,9H2,1H3,(H,23,27)/b18-11-. The fraction of sp³-hybridized carbons (Fsp3) is 0.190. The van der Waals surface area contributed by atoms with Crippen LogP contribution in [0.4, 0.5) is 17.1 Å². The van der Waals surface area contributed by atoms with E-state index in [1.807, 2.05) is 12.1 Å². The van der Waals surface area contributed by atoms with Gasteiger partial charge in [0.15, 0.2) is 0 Å². The molecule has 0 saturated carbocycles. The van der Waals surface area contributed by atoms with Crippen molar-refractivity contribution in [3.8, 4) is 5.75 Å². The number of carbonyl (C=O) groups is 2. The molecule has 2 aromatic carbocycles. The van der Waals surface area contributed by atoms with Gasteiger partial charge in [0.05, 0.1) is 27.9 Å². The highest BCUT2D eigenvalue weighted by molar-refractivity contribution is 8.26. The number of hydrazine groups is 1. The van der Waals surface area contributed by atoms with Gasteiger partial charge in [-0.05, 0) is 36.3 Å². The van der Waals surface area contributed by atoms with Crippen LogP contribution in [0.1, 0.15) is 18.4 Å². The topological polar surface area (TPSA) is 157 Å². The number of rotatable bonds is 10. The van der Waals surface area contributed by atoms with E-state index in [4.69, 9.17) is 17.0 Å². The second-order valence-corrected chi connectivity index (χ2v) is 8.78. The number of carbonyl (C=O) groups excluding carboxylic acids is 2. The quantitative estimate of drug-likeness (QED) is 0.206. The Bertz CT molecular complexity index is 1230. The third kappa shape index (κ3) is 6.51. The van der Waals surface area contributed by atoms with Gasteiger partial charge >= 0.3 is 5.69 Å². The highest BCUT2D eigenvalue weighted by Crippen LogP contribution is 2.33. The van der Waals surface area contributed by atoms with Gasteiger partial charge in [-0.2, -0.15) is 0 Å². The molecule has 14 heteroatoms. The summed E-state index contributed by atoms with van der Waals surface area (Å²) in [5.74, 6) is -0.0919. The number of thiocarbonyl (C=S) groups is 1. The van der Waals surface area contributed by atoms with E-state index in [0.717, 1.165) is 23.8 Å². The van der Waals surface area contributed by atoms with Gasteiger partial charge in [0.25, 0.3) is 11.6 Å². The van der Waals surface area contributed by atoms with Crippen LogP contribution in [-0.4, -0.2) is 44.5 Å². The molecule has 1 aliphatic rings. The second kappa shape index (κ2) is 11.4. The van der Waals surface area contributed by atoms with Crippen molar-refractivity contribution in [2.24, 2.45) is 0 Å². The lowest BCUT2D eigenvalue weighted by Crippen LogP contribution is -2.32. The Balaban J connectivity index is 1.53. The van der Waals surface area contributed by atoms with Gasteiger partial charge in [0, 0.05) is 19.0 Å². The van der Waals surface area contributed by atoms with Gasteiger partial charge in [0.2, 0.25) is 5.91 Å². The molecule has 0 bridgehead atoms. The molecule has 1 fully saturated rings. The number of anilines is 1. The first-order valence-corrected chi connectivity index (χ1v) is 11.3. The molecule has 0 radical (unpaired) electrons. The molecule has 2 amide bonds. The van der Waals surface area contributed by atoms with Crippen molar-refractivity contribution in [1.29, 1.82) is 0 Å². The fourth-order valence-corrected chi connectivity index (χ4v) is 4.37. The number of thioether (sulfide) groups is 1. The Morgan fingerprint density at radius 3 is 2.66 bits per heavy atom. The molecule has 1 heterocycles. The zero-order chi connectivity index (χ0) is 25.5. The van der Waals surface area contributed by atoms with Crippen molar-refractivity contribution in [2.45, 2.75) is 12.8 Å². The van der Waals surface area contributed by atoms with Gasteiger partial charge in [-0.1, -0.05) is 36.1 Å². The van der Waals surface area contributed by atoms with Crippen molar-refractivity contribution in [3.05, 3.63) is 73.2 Å². The summed E-state index contributed by atoms with van der Waals surface area (Å²) in [5.41, 5.74) is 4.40. The first-order chi connectivity index (χ1) is 16.7. The third-order valence-electron chi connectivity index (χ3n) is 4.78. The number of methoxy groups -OCH3 is 1. The van der Waals surface area contributed by atoms with E-state index in [2.05, 4.69) is 10.9 Å². The lowest BCUT2D eigenvalue weighted by atomic mass is 10.2. The number of nitrogens with zero attached hydrogens (tertiary/aromatic N) is 3. The van der Waals surface area contributed by atoms with Gasteiger partial charge < -0.3 is 4.74 Å². The maximum atomic E-state index is 12.7. The van der Waals surface area contributed by atoms with Crippen molar-refractivity contribution in [3.63, 3.8) is 0 Å². The van der Waals surface area contributed by atoms with E-state index < -0.39 is 27.1 Å². The van der Waals surface area contributed by atoms with Gasteiger partial charge in [0.1, 0.15) is 15.8 Å². The van der Waals surface area contributed by atoms with E-state index in [1.165, 1.54) is 16.7 Å². The van der Waals surface area contributed by atoms with Gasteiger partial charge in [-0.3, -0.25) is 45.6 Å². The molecular formula is C21H19N5O7S2. The number of benzene rings is 2. The number of nitro benzene ring substituents is 2. The van der Waals surface area contributed by atoms with E-state index in [-0.39, 0.29) is 31.0 Å². The molecule has 2 aromatic rings. The predicted molar refractivity (Wildman–Crippen MR) is 134 cm³/mol. The minimum atomic E-state index is -0.796. The fourth-order valence-electron chi connectivity index (χ4n) is 3.06. The van der Waals surface area contributed by atoms with Crippen LogP contribution in [0.5, 0.6) is 5.75 Å². The molecule has 12 nitrogen and oxygen atoms in total. The summed E-state index contributed by atoms with van der Waals surface area (Å²) in [6, 6.07) is 10.2. The summed E-state index contributed by atoms with van der Waals surface area (Å²) in [7, 11) is 1.55. The molecule has 0 unspecified atom stereocenters. The first-order valence-electron chi connectivity index (χ1n) is 10.1. The lowest BCUT2D eigenvalue weighted by Gasteiger charge is -2.14. The van der Waals surface area contributed by atoms with Crippen molar-refractivity contribution in [2.75, 3.05) is 19.1 Å². The van der Waals surface area contributed by atoms with E-state index in [0.29, 0.717) is 15.0 Å². The number of non-ortho nitro benzene ring substituents is 1. The largest absolute Gasteiger partial charge is 0.497 e. The van der Waals surface area contributed by atoms with Crippen molar-refractivity contribution >= 4 is 63.3 Å². The van der Waals surface area contributed by atoms with Crippen LogP contribution in [0.25, 0.3) is 6.08 Å². The summed E-state index contributed by atoms with van der Waals surface area (Å²) in [6.07, 6.45) is 2.00. The van der Waals surface area contributed by atoms with Crippen LogP contribution in [0.3, 0.4) is 0 Å². The zero-order valence-electron chi connectivity index (χ0n) is 18.3. The number of nitro groups is 2. The average Bonchev–Trinajstić information content (AvgIpc) is 3.09. The van der Waals surface area contributed by atoms with E-state index in [1.54, 1.807) is 25.3 Å². The summed E-state index contributed by atoms with van der Waals surface area (Å²) in [5, 5.41) is 22.0. The molecule has 3 rings (SSSR count). The maximum absolute atomic E-state index is 12.7. The third-order valence-corrected chi connectivity index (χ3v) is 6.15. The smallest absolute Gasteiger partial charge is 0.300 e. The first kappa shape index (κ1) is 25.6. The van der Waals surface area contributed by atoms with Crippen LogP contribution in [0.15, 0.2) is 47.4 Å².